The highest BCUT2D eigenvalue weighted by atomic mass is 16.2. The van der Waals surface area contributed by atoms with E-state index in [9.17, 15) is 14.4 Å². The molecule has 3 aromatic rings. The molecule has 2 aromatic heterocycles. The summed E-state index contributed by atoms with van der Waals surface area (Å²) >= 11 is 0. The van der Waals surface area contributed by atoms with E-state index in [1.165, 1.54) is 4.57 Å². The summed E-state index contributed by atoms with van der Waals surface area (Å²) in [6.07, 6.45) is 0. The summed E-state index contributed by atoms with van der Waals surface area (Å²) in [4.78, 5) is 42.3. The average Bonchev–Trinajstić information content (AvgIpc) is 3.10. The van der Waals surface area contributed by atoms with Crippen LogP contribution in [0, 0.1) is 25.7 Å². The number of anilines is 3. The number of amides is 1. The number of hydrogen-bond acceptors (Lipinski definition) is 6. The zero-order valence-corrected chi connectivity index (χ0v) is 21.3. The molecule has 0 spiro atoms. The number of nitrogens with two attached hydrogens (primary N) is 1. The SMILES string of the molecule is Cc1ccc(-n2nc(C)cc2NC(=O)CN(CC(C)C)c2c(N)n(CC(C)C)c(=O)[nH]c2=O)cc1. The number of aryl methyl sites for hydroxylation is 2. The monoisotopic (exact) mass is 481 g/mol. The summed E-state index contributed by atoms with van der Waals surface area (Å²) in [5.41, 5.74) is 7.95. The van der Waals surface area contributed by atoms with Crippen LogP contribution in [0.1, 0.15) is 39.0 Å². The number of rotatable bonds is 9. The highest BCUT2D eigenvalue weighted by Crippen LogP contribution is 2.21. The number of nitrogen functional groups attached to an aromatic ring is 1. The first-order valence-corrected chi connectivity index (χ1v) is 11.8. The van der Waals surface area contributed by atoms with Crippen LogP contribution in [0.4, 0.5) is 17.3 Å². The third-order valence-corrected chi connectivity index (χ3v) is 5.38. The molecule has 0 saturated heterocycles. The third-order valence-electron chi connectivity index (χ3n) is 5.38. The first-order valence-electron chi connectivity index (χ1n) is 11.8. The molecule has 2 heterocycles. The number of hydrogen-bond donors (Lipinski definition) is 3. The summed E-state index contributed by atoms with van der Waals surface area (Å²) in [5, 5.41) is 7.42. The maximum atomic E-state index is 13.2. The predicted molar refractivity (Wildman–Crippen MR) is 139 cm³/mol. The van der Waals surface area contributed by atoms with Gasteiger partial charge in [0.25, 0.3) is 5.56 Å². The molecule has 1 amide bonds. The number of H-pyrrole nitrogens is 1. The van der Waals surface area contributed by atoms with Crippen molar-refractivity contribution in [1.29, 1.82) is 0 Å². The lowest BCUT2D eigenvalue weighted by Crippen LogP contribution is -2.43. The van der Waals surface area contributed by atoms with Crippen LogP contribution in [0.25, 0.3) is 5.69 Å². The standard InChI is InChI=1S/C25H35N7O3/c1-15(2)12-30(22-23(26)31(13-16(3)4)25(35)28-24(22)34)14-21(33)27-20-11-18(6)29-32(20)19-9-7-17(5)8-10-19/h7-11,15-16H,12-14,26H2,1-6H3,(H,27,33)(H,28,34,35). The minimum atomic E-state index is -0.610. The van der Waals surface area contributed by atoms with Gasteiger partial charge >= 0.3 is 5.69 Å². The Morgan fingerprint density at radius 3 is 2.37 bits per heavy atom. The van der Waals surface area contributed by atoms with Gasteiger partial charge in [-0.3, -0.25) is 19.1 Å². The molecule has 3 rings (SSSR count). The van der Waals surface area contributed by atoms with Crippen molar-refractivity contribution in [2.75, 3.05) is 29.0 Å². The van der Waals surface area contributed by atoms with Crippen LogP contribution in [0.2, 0.25) is 0 Å². The van der Waals surface area contributed by atoms with Crippen molar-refractivity contribution in [2.45, 2.75) is 48.1 Å². The van der Waals surface area contributed by atoms with E-state index < -0.39 is 11.2 Å². The fourth-order valence-corrected chi connectivity index (χ4v) is 3.93. The van der Waals surface area contributed by atoms with Crippen molar-refractivity contribution in [2.24, 2.45) is 11.8 Å². The molecule has 0 aliphatic heterocycles. The molecule has 0 aliphatic rings. The van der Waals surface area contributed by atoms with Crippen molar-refractivity contribution in [3.63, 3.8) is 0 Å². The minimum absolute atomic E-state index is 0.0569. The summed E-state index contributed by atoms with van der Waals surface area (Å²) in [6.45, 7) is 12.4. The minimum Gasteiger partial charge on any atom is -0.383 e. The van der Waals surface area contributed by atoms with E-state index >= 15 is 0 Å². The van der Waals surface area contributed by atoms with Gasteiger partial charge in [0.1, 0.15) is 17.3 Å². The fourth-order valence-electron chi connectivity index (χ4n) is 3.93. The zero-order chi connectivity index (χ0) is 25.9. The Morgan fingerprint density at radius 1 is 1.11 bits per heavy atom. The molecule has 0 saturated carbocycles. The largest absolute Gasteiger partial charge is 0.383 e. The topological polar surface area (TPSA) is 131 Å². The van der Waals surface area contributed by atoms with E-state index in [1.807, 2.05) is 65.8 Å². The number of aromatic amines is 1. The van der Waals surface area contributed by atoms with Crippen molar-refractivity contribution >= 4 is 23.2 Å². The van der Waals surface area contributed by atoms with Crippen LogP contribution >= 0.6 is 0 Å². The van der Waals surface area contributed by atoms with Gasteiger partial charge in [-0.1, -0.05) is 45.4 Å². The maximum Gasteiger partial charge on any atom is 0.330 e. The van der Waals surface area contributed by atoms with Crippen LogP contribution in [0.3, 0.4) is 0 Å². The molecule has 188 valence electrons. The Kier molecular flexibility index (Phi) is 7.83. The smallest absolute Gasteiger partial charge is 0.330 e. The van der Waals surface area contributed by atoms with Gasteiger partial charge < -0.3 is 16.0 Å². The molecule has 0 bridgehead atoms. The molecule has 0 fully saturated rings. The molecular weight excluding hydrogens is 446 g/mol. The normalized spacial score (nSPS) is 11.3. The number of nitrogens with zero attached hydrogens (tertiary/aromatic N) is 4. The van der Waals surface area contributed by atoms with Crippen LogP contribution in [-0.2, 0) is 11.3 Å². The Balaban J connectivity index is 1.93. The van der Waals surface area contributed by atoms with Crippen molar-refractivity contribution in [1.82, 2.24) is 19.3 Å². The summed E-state index contributed by atoms with van der Waals surface area (Å²) < 4.78 is 3.02. The summed E-state index contributed by atoms with van der Waals surface area (Å²) in [5.74, 6) is 0.515. The Bertz CT molecular complexity index is 1300. The Labute approximate surface area is 204 Å². The van der Waals surface area contributed by atoms with Gasteiger partial charge in [0.2, 0.25) is 5.91 Å². The summed E-state index contributed by atoms with van der Waals surface area (Å²) in [7, 11) is 0. The van der Waals surface area contributed by atoms with E-state index in [-0.39, 0.29) is 35.8 Å². The van der Waals surface area contributed by atoms with E-state index in [0.717, 1.165) is 16.9 Å². The first-order chi connectivity index (χ1) is 16.5. The maximum absolute atomic E-state index is 13.2. The molecule has 0 aliphatic carbocycles. The average molecular weight is 482 g/mol. The number of carbonyl (C=O) groups excluding carboxylic acids is 1. The van der Waals surface area contributed by atoms with Crippen LogP contribution in [0.5, 0.6) is 0 Å². The Hall–Kier alpha value is -3.82. The van der Waals surface area contributed by atoms with Crippen LogP contribution in [-0.4, -0.2) is 38.3 Å². The molecule has 10 nitrogen and oxygen atoms in total. The molecule has 1 aromatic carbocycles. The van der Waals surface area contributed by atoms with Crippen LogP contribution in [0.15, 0.2) is 39.9 Å². The van der Waals surface area contributed by atoms with Crippen molar-refractivity contribution in [3.8, 4) is 5.69 Å². The highest BCUT2D eigenvalue weighted by Gasteiger charge is 2.23. The van der Waals surface area contributed by atoms with Crippen LogP contribution < -0.4 is 27.2 Å². The van der Waals surface area contributed by atoms with Gasteiger partial charge in [0.15, 0.2) is 0 Å². The lowest BCUT2D eigenvalue weighted by molar-refractivity contribution is -0.115. The van der Waals surface area contributed by atoms with Crippen molar-refractivity contribution in [3.05, 3.63) is 62.4 Å². The van der Waals surface area contributed by atoms with E-state index in [4.69, 9.17) is 5.73 Å². The number of aromatic nitrogens is 4. The molecule has 35 heavy (non-hydrogen) atoms. The third kappa shape index (κ3) is 6.20. The van der Waals surface area contributed by atoms with Crippen molar-refractivity contribution < 1.29 is 4.79 Å². The van der Waals surface area contributed by atoms with Gasteiger partial charge in [-0.2, -0.15) is 5.10 Å². The van der Waals surface area contributed by atoms with Gasteiger partial charge in [-0.05, 0) is 37.8 Å². The highest BCUT2D eigenvalue weighted by molar-refractivity contribution is 5.94. The van der Waals surface area contributed by atoms with Gasteiger partial charge in [-0.15, -0.1) is 0 Å². The quantitative estimate of drug-likeness (QED) is 0.431. The molecular formula is C25H35N7O3. The van der Waals surface area contributed by atoms with E-state index in [0.29, 0.717) is 18.9 Å². The summed E-state index contributed by atoms with van der Waals surface area (Å²) in [6, 6.07) is 9.60. The van der Waals surface area contributed by atoms with E-state index in [1.54, 1.807) is 15.6 Å². The second-order valence-corrected chi connectivity index (χ2v) is 9.74. The van der Waals surface area contributed by atoms with Gasteiger partial charge in [0.05, 0.1) is 17.9 Å². The molecule has 0 atom stereocenters. The lowest BCUT2D eigenvalue weighted by atomic mass is 10.2. The fraction of sp³-hybridized carbons (Fsp3) is 0.440. The molecule has 4 N–H and O–H groups in total. The van der Waals surface area contributed by atoms with Gasteiger partial charge in [-0.25, -0.2) is 9.48 Å². The number of carbonyl (C=O) groups is 1. The zero-order valence-electron chi connectivity index (χ0n) is 21.3. The molecule has 10 heteroatoms. The number of benzene rings is 1. The second-order valence-electron chi connectivity index (χ2n) is 9.74. The Morgan fingerprint density at radius 2 is 1.77 bits per heavy atom. The second kappa shape index (κ2) is 10.6. The van der Waals surface area contributed by atoms with E-state index in [2.05, 4.69) is 15.4 Å². The van der Waals surface area contributed by atoms with Gasteiger partial charge in [0, 0.05) is 19.2 Å². The number of nitrogens with one attached hydrogen (secondary N) is 2. The predicted octanol–water partition coefficient (Wildman–Crippen LogP) is 2.68. The molecule has 0 radical (unpaired) electrons. The lowest BCUT2D eigenvalue weighted by Gasteiger charge is -2.27. The first kappa shape index (κ1) is 25.8. The molecule has 0 unspecified atom stereocenters.